The van der Waals surface area contributed by atoms with Gasteiger partial charge >= 0.3 is 0 Å². The minimum atomic E-state index is -0.301. The molecule has 0 bridgehead atoms. The van der Waals surface area contributed by atoms with Crippen LogP contribution in [0.2, 0.25) is 0 Å². The SMILES string of the molecule is Cc1ccccc1CC(C(=O)Cl)c1ccccc1. The molecule has 0 heterocycles. The summed E-state index contributed by atoms with van der Waals surface area (Å²) in [5, 5.41) is -0.301. The van der Waals surface area contributed by atoms with Crippen LogP contribution in [0, 0.1) is 6.92 Å². The van der Waals surface area contributed by atoms with Crippen molar-refractivity contribution in [3.63, 3.8) is 0 Å². The van der Waals surface area contributed by atoms with Gasteiger partial charge in [0, 0.05) is 0 Å². The van der Waals surface area contributed by atoms with Crippen molar-refractivity contribution >= 4 is 16.8 Å². The maximum absolute atomic E-state index is 11.6. The van der Waals surface area contributed by atoms with Gasteiger partial charge in [0.2, 0.25) is 5.24 Å². The van der Waals surface area contributed by atoms with E-state index < -0.39 is 0 Å². The van der Waals surface area contributed by atoms with Gasteiger partial charge in [0.05, 0.1) is 5.92 Å². The van der Waals surface area contributed by atoms with Gasteiger partial charge in [-0.2, -0.15) is 0 Å². The summed E-state index contributed by atoms with van der Waals surface area (Å²) in [6.07, 6.45) is 0.652. The Balaban J connectivity index is 2.28. The number of carbonyl (C=O) groups excluding carboxylic acids is 1. The van der Waals surface area contributed by atoms with E-state index in [0.717, 1.165) is 5.56 Å². The van der Waals surface area contributed by atoms with Crippen LogP contribution in [0.3, 0.4) is 0 Å². The predicted octanol–water partition coefficient (Wildman–Crippen LogP) is 4.09. The highest BCUT2D eigenvalue weighted by Gasteiger charge is 2.19. The summed E-state index contributed by atoms with van der Waals surface area (Å²) in [6.45, 7) is 2.05. The van der Waals surface area contributed by atoms with Gasteiger partial charge in [0.1, 0.15) is 0 Å². The predicted molar refractivity (Wildman–Crippen MR) is 74.9 cm³/mol. The average molecular weight is 259 g/mol. The first-order chi connectivity index (χ1) is 8.68. The van der Waals surface area contributed by atoms with E-state index in [9.17, 15) is 4.79 Å². The molecule has 1 nitrogen and oxygen atoms in total. The third-order valence-electron chi connectivity index (χ3n) is 3.16. The van der Waals surface area contributed by atoms with E-state index in [4.69, 9.17) is 11.6 Å². The molecule has 0 aromatic heterocycles. The fraction of sp³-hybridized carbons (Fsp3) is 0.188. The van der Waals surface area contributed by atoms with E-state index in [1.807, 2.05) is 48.5 Å². The lowest BCUT2D eigenvalue weighted by Crippen LogP contribution is -2.10. The second-order valence-corrected chi connectivity index (χ2v) is 4.77. The molecule has 1 atom stereocenters. The van der Waals surface area contributed by atoms with Crippen LogP contribution in [0.5, 0.6) is 0 Å². The highest BCUT2D eigenvalue weighted by atomic mass is 35.5. The number of benzene rings is 2. The van der Waals surface area contributed by atoms with E-state index in [2.05, 4.69) is 13.0 Å². The van der Waals surface area contributed by atoms with E-state index in [1.165, 1.54) is 11.1 Å². The molecule has 0 saturated carbocycles. The first-order valence-electron chi connectivity index (χ1n) is 5.97. The normalized spacial score (nSPS) is 12.1. The number of carbonyl (C=O) groups is 1. The Morgan fingerprint density at radius 3 is 2.28 bits per heavy atom. The summed E-state index contributed by atoms with van der Waals surface area (Å²) in [6, 6.07) is 17.8. The van der Waals surface area contributed by atoms with E-state index >= 15 is 0 Å². The highest BCUT2D eigenvalue weighted by Crippen LogP contribution is 2.24. The van der Waals surface area contributed by atoms with Crippen molar-refractivity contribution in [1.82, 2.24) is 0 Å². The molecule has 92 valence electrons. The number of halogens is 1. The van der Waals surface area contributed by atoms with Crippen molar-refractivity contribution in [2.24, 2.45) is 0 Å². The van der Waals surface area contributed by atoms with Gasteiger partial charge < -0.3 is 0 Å². The molecular formula is C16H15ClO. The van der Waals surface area contributed by atoms with Crippen molar-refractivity contribution in [1.29, 1.82) is 0 Å². The molecule has 0 amide bonds. The lowest BCUT2D eigenvalue weighted by atomic mass is 9.91. The molecule has 0 aliphatic carbocycles. The Morgan fingerprint density at radius 2 is 1.67 bits per heavy atom. The third-order valence-corrected chi connectivity index (χ3v) is 3.42. The first kappa shape index (κ1) is 12.8. The summed E-state index contributed by atoms with van der Waals surface area (Å²) in [7, 11) is 0. The van der Waals surface area contributed by atoms with Crippen LogP contribution < -0.4 is 0 Å². The molecule has 0 radical (unpaired) electrons. The summed E-state index contributed by atoms with van der Waals surface area (Å²) >= 11 is 5.74. The molecule has 2 aromatic carbocycles. The summed E-state index contributed by atoms with van der Waals surface area (Å²) in [4.78, 5) is 11.6. The van der Waals surface area contributed by atoms with Crippen molar-refractivity contribution < 1.29 is 4.79 Å². The number of rotatable bonds is 4. The quantitative estimate of drug-likeness (QED) is 0.755. The summed E-state index contributed by atoms with van der Waals surface area (Å²) < 4.78 is 0. The second-order valence-electron chi connectivity index (χ2n) is 4.40. The van der Waals surface area contributed by atoms with Gasteiger partial charge in [-0.3, -0.25) is 4.79 Å². The molecule has 2 heteroatoms. The van der Waals surface area contributed by atoms with E-state index in [0.29, 0.717) is 6.42 Å². The van der Waals surface area contributed by atoms with Crippen LogP contribution in [0.1, 0.15) is 22.6 Å². The standard InChI is InChI=1S/C16H15ClO/c1-12-7-5-6-10-14(12)11-15(16(17)18)13-8-3-2-4-9-13/h2-10,15H,11H2,1H3. The number of hydrogen-bond acceptors (Lipinski definition) is 1. The Kier molecular flexibility index (Phi) is 4.16. The van der Waals surface area contributed by atoms with Gasteiger partial charge in [0.25, 0.3) is 0 Å². The van der Waals surface area contributed by atoms with Crippen molar-refractivity contribution in [2.45, 2.75) is 19.3 Å². The second kappa shape index (κ2) is 5.83. The van der Waals surface area contributed by atoms with Gasteiger partial charge in [-0.05, 0) is 41.6 Å². The highest BCUT2D eigenvalue weighted by molar-refractivity contribution is 6.64. The van der Waals surface area contributed by atoms with Crippen LogP contribution in [-0.4, -0.2) is 5.24 Å². The van der Waals surface area contributed by atoms with Crippen molar-refractivity contribution in [3.05, 3.63) is 71.3 Å². The molecule has 2 rings (SSSR count). The zero-order valence-electron chi connectivity index (χ0n) is 10.3. The van der Waals surface area contributed by atoms with Gasteiger partial charge in [-0.15, -0.1) is 0 Å². The molecule has 2 aromatic rings. The van der Waals surface area contributed by atoms with Gasteiger partial charge in [0.15, 0.2) is 0 Å². The lowest BCUT2D eigenvalue weighted by molar-refractivity contribution is -0.113. The van der Waals surface area contributed by atoms with Crippen molar-refractivity contribution in [2.75, 3.05) is 0 Å². The van der Waals surface area contributed by atoms with Crippen LogP contribution in [0.25, 0.3) is 0 Å². The minimum Gasteiger partial charge on any atom is -0.281 e. The third kappa shape index (κ3) is 2.99. The molecular weight excluding hydrogens is 244 g/mol. The smallest absolute Gasteiger partial charge is 0.229 e. The number of hydrogen-bond donors (Lipinski definition) is 0. The molecule has 18 heavy (non-hydrogen) atoms. The first-order valence-corrected chi connectivity index (χ1v) is 6.35. The number of aryl methyl sites for hydroxylation is 1. The molecule has 0 aliphatic heterocycles. The zero-order valence-corrected chi connectivity index (χ0v) is 11.0. The van der Waals surface area contributed by atoms with Crippen LogP contribution in [0.15, 0.2) is 54.6 Å². The lowest BCUT2D eigenvalue weighted by Gasteiger charge is -2.14. The van der Waals surface area contributed by atoms with E-state index in [-0.39, 0.29) is 11.2 Å². The minimum absolute atomic E-state index is 0.269. The van der Waals surface area contributed by atoms with Crippen molar-refractivity contribution in [3.8, 4) is 0 Å². The molecule has 0 spiro atoms. The van der Waals surface area contributed by atoms with Gasteiger partial charge in [-0.25, -0.2) is 0 Å². The topological polar surface area (TPSA) is 17.1 Å². The Labute approximate surface area is 112 Å². The zero-order chi connectivity index (χ0) is 13.0. The largest absolute Gasteiger partial charge is 0.281 e. The van der Waals surface area contributed by atoms with Crippen LogP contribution >= 0.6 is 11.6 Å². The Bertz CT molecular complexity index is 534. The molecule has 0 fully saturated rings. The Hall–Kier alpha value is -1.60. The fourth-order valence-electron chi connectivity index (χ4n) is 2.07. The molecule has 0 saturated heterocycles. The average Bonchev–Trinajstić information content (AvgIpc) is 2.38. The molecule has 0 aliphatic rings. The Morgan fingerprint density at radius 1 is 1.06 bits per heavy atom. The van der Waals surface area contributed by atoms with E-state index in [1.54, 1.807) is 0 Å². The van der Waals surface area contributed by atoms with Gasteiger partial charge in [-0.1, -0.05) is 54.6 Å². The van der Waals surface area contributed by atoms with Crippen LogP contribution in [-0.2, 0) is 11.2 Å². The molecule has 0 N–H and O–H groups in total. The summed E-state index contributed by atoms with van der Waals surface area (Å²) in [5.41, 5.74) is 3.33. The maximum Gasteiger partial charge on any atom is 0.229 e. The fourth-order valence-corrected chi connectivity index (χ4v) is 2.28. The molecule has 1 unspecified atom stereocenters. The monoisotopic (exact) mass is 258 g/mol. The van der Waals surface area contributed by atoms with Crippen LogP contribution in [0.4, 0.5) is 0 Å². The summed E-state index contributed by atoms with van der Waals surface area (Å²) in [5.74, 6) is -0.269. The maximum atomic E-state index is 11.6.